The van der Waals surface area contributed by atoms with Crippen LogP contribution in [0.1, 0.15) is 31.8 Å². The first-order valence-corrected chi connectivity index (χ1v) is 9.21. The Hall–Kier alpha value is -3.93. The van der Waals surface area contributed by atoms with Crippen molar-refractivity contribution in [1.29, 1.82) is 0 Å². The highest BCUT2D eigenvalue weighted by atomic mass is 16.2. The second-order valence-electron chi connectivity index (χ2n) is 6.83. The Bertz CT molecular complexity index is 1070. The predicted molar refractivity (Wildman–Crippen MR) is 111 cm³/mol. The van der Waals surface area contributed by atoms with Crippen LogP contribution >= 0.6 is 0 Å². The maximum Gasteiger partial charge on any atom is 0.319 e. The molecule has 0 fully saturated rings. The molecule has 0 aliphatic carbocycles. The molecule has 144 valence electrons. The second-order valence-corrected chi connectivity index (χ2v) is 6.83. The van der Waals surface area contributed by atoms with E-state index in [0.717, 1.165) is 16.8 Å². The average molecular weight is 385 g/mol. The fourth-order valence-electron chi connectivity index (χ4n) is 3.27. The topological polar surface area (TPSA) is 78.5 Å². The van der Waals surface area contributed by atoms with Crippen molar-refractivity contribution in [2.75, 3.05) is 10.2 Å². The number of hydrogen-bond donors (Lipinski definition) is 2. The van der Waals surface area contributed by atoms with Crippen LogP contribution in [0.3, 0.4) is 0 Å². The van der Waals surface area contributed by atoms with Gasteiger partial charge in [0.15, 0.2) is 0 Å². The molecule has 29 heavy (non-hydrogen) atoms. The Labute approximate surface area is 168 Å². The summed E-state index contributed by atoms with van der Waals surface area (Å²) < 4.78 is 0. The van der Waals surface area contributed by atoms with Gasteiger partial charge in [-0.1, -0.05) is 36.4 Å². The van der Waals surface area contributed by atoms with Crippen molar-refractivity contribution in [3.63, 3.8) is 0 Å². The summed E-state index contributed by atoms with van der Waals surface area (Å²) in [6, 6.07) is 21.0. The zero-order valence-electron chi connectivity index (χ0n) is 15.8. The van der Waals surface area contributed by atoms with Crippen molar-refractivity contribution in [2.24, 2.45) is 0 Å². The van der Waals surface area contributed by atoms with Crippen molar-refractivity contribution in [2.45, 2.75) is 13.5 Å². The summed E-state index contributed by atoms with van der Waals surface area (Å²) in [6.07, 6.45) is 0. The summed E-state index contributed by atoms with van der Waals surface area (Å²) in [5.74, 6) is -0.650. The molecule has 1 aliphatic rings. The first-order valence-electron chi connectivity index (χ1n) is 9.21. The Morgan fingerprint density at radius 1 is 0.862 bits per heavy atom. The fraction of sp³-hybridized carbons (Fsp3) is 0.0870. The molecular formula is C23H19N3O3. The lowest BCUT2D eigenvalue weighted by Gasteiger charge is -2.14. The normalized spacial score (nSPS) is 12.7. The summed E-state index contributed by atoms with van der Waals surface area (Å²) in [7, 11) is 0. The summed E-state index contributed by atoms with van der Waals surface area (Å²) in [5, 5.41) is 5.57. The lowest BCUT2D eigenvalue weighted by molar-refractivity contribution is 0.0926. The first kappa shape index (κ1) is 18.4. The Morgan fingerprint density at radius 2 is 1.52 bits per heavy atom. The third-order valence-corrected chi connectivity index (χ3v) is 4.72. The Morgan fingerprint density at radius 3 is 2.14 bits per heavy atom. The zero-order valence-corrected chi connectivity index (χ0v) is 15.8. The third kappa shape index (κ3) is 3.73. The lowest BCUT2D eigenvalue weighted by Crippen LogP contribution is -2.29. The number of hydrogen-bond acceptors (Lipinski definition) is 3. The van der Waals surface area contributed by atoms with Gasteiger partial charge >= 0.3 is 6.03 Å². The molecule has 1 aliphatic heterocycles. The molecule has 4 rings (SSSR count). The largest absolute Gasteiger partial charge is 0.334 e. The standard InChI is InChI=1S/C23H19N3O3/c1-15-5-4-6-17(13-15)25-23(29)24-14-16-9-11-18(12-10-16)26-21(27)19-7-2-3-8-20(19)22(26)28/h2-13H,14H2,1H3,(H2,24,25,29). The highest BCUT2D eigenvalue weighted by Gasteiger charge is 2.36. The maximum absolute atomic E-state index is 12.5. The van der Waals surface area contributed by atoms with Gasteiger partial charge < -0.3 is 10.6 Å². The van der Waals surface area contributed by atoms with Crippen LogP contribution in [0.25, 0.3) is 0 Å². The molecule has 1 heterocycles. The van der Waals surface area contributed by atoms with Gasteiger partial charge in [0.2, 0.25) is 0 Å². The van der Waals surface area contributed by atoms with E-state index < -0.39 is 0 Å². The van der Waals surface area contributed by atoms with Gasteiger partial charge in [0.1, 0.15) is 0 Å². The number of fused-ring (bicyclic) bond motifs is 1. The highest BCUT2D eigenvalue weighted by Crippen LogP contribution is 2.28. The maximum atomic E-state index is 12.5. The van der Waals surface area contributed by atoms with Crippen molar-refractivity contribution >= 4 is 29.2 Å². The van der Waals surface area contributed by atoms with Crippen LogP contribution in [-0.4, -0.2) is 17.8 Å². The lowest BCUT2D eigenvalue weighted by atomic mass is 10.1. The van der Waals surface area contributed by atoms with Gasteiger partial charge in [-0.25, -0.2) is 9.69 Å². The van der Waals surface area contributed by atoms with Crippen LogP contribution < -0.4 is 15.5 Å². The molecule has 0 spiro atoms. The first-order chi connectivity index (χ1) is 14.0. The van der Waals surface area contributed by atoms with Crippen molar-refractivity contribution in [1.82, 2.24) is 5.32 Å². The summed E-state index contributed by atoms with van der Waals surface area (Å²) in [5.41, 5.74) is 3.97. The molecular weight excluding hydrogens is 366 g/mol. The van der Waals surface area contributed by atoms with Crippen LogP contribution in [0.5, 0.6) is 0 Å². The number of benzene rings is 3. The van der Waals surface area contributed by atoms with E-state index in [1.807, 2.05) is 31.2 Å². The van der Waals surface area contributed by atoms with Gasteiger partial charge in [-0.15, -0.1) is 0 Å². The minimum absolute atomic E-state index is 0.306. The SMILES string of the molecule is Cc1cccc(NC(=O)NCc2ccc(N3C(=O)c4ccccc4C3=O)cc2)c1. The van der Waals surface area contributed by atoms with Gasteiger partial charge in [0, 0.05) is 12.2 Å². The van der Waals surface area contributed by atoms with E-state index in [1.165, 1.54) is 4.90 Å². The van der Waals surface area contributed by atoms with Gasteiger partial charge in [-0.05, 0) is 54.4 Å². The molecule has 0 bridgehead atoms. The molecule has 2 N–H and O–H groups in total. The van der Waals surface area contributed by atoms with Crippen LogP contribution in [0.4, 0.5) is 16.2 Å². The molecule has 0 unspecified atom stereocenters. The quantitative estimate of drug-likeness (QED) is 0.663. The number of imide groups is 1. The van der Waals surface area contributed by atoms with Crippen LogP contribution in [0.2, 0.25) is 0 Å². The van der Waals surface area contributed by atoms with Crippen LogP contribution in [0, 0.1) is 6.92 Å². The molecule has 0 saturated heterocycles. The van der Waals surface area contributed by atoms with E-state index in [0.29, 0.717) is 23.4 Å². The minimum atomic E-state index is -0.325. The molecule has 0 saturated carbocycles. The number of urea groups is 1. The van der Waals surface area contributed by atoms with E-state index in [9.17, 15) is 14.4 Å². The van der Waals surface area contributed by atoms with Crippen LogP contribution in [-0.2, 0) is 6.54 Å². The van der Waals surface area contributed by atoms with E-state index in [1.54, 1.807) is 48.5 Å². The van der Waals surface area contributed by atoms with Gasteiger partial charge in [0.05, 0.1) is 16.8 Å². The number of aryl methyl sites for hydroxylation is 1. The number of nitrogens with one attached hydrogen (secondary N) is 2. The number of anilines is 2. The Balaban J connectivity index is 1.39. The van der Waals surface area contributed by atoms with Crippen molar-refractivity contribution < 1.29 is 14.4 Å². The average Bonchev–Trinajstić information content (AvgIpc) is 2.98. The monoisotopic (exact) mass is 385 g/mol. The number of amides is 4. The van der Waals surface area contributed by atoms with E-state index in [-0.39, 0.29) is 17.8 Å². The van der Waals surface area contributed by atoms with Gasteiger partial charge in [-0.2, -0.15) is 0 Å². The zero-order chi connectivity index (χ0) is 20.4. The van der Waals surface area contributed by atoms with Gasteiger partial charge in [-0.3, -0.25) is 9.59 Å². The van der Waals surface area contributed by atoms with E-state index in [2.05, 4.69) is 10.6 Å². The third-order valence-electron chi connectivity index (χ3n) is 4.72. The highest BCUT2D eigenvalue weighted by molar-refractivity contribution is 6.34. The van der Waals surface area contributed by atoms with Crippen LogP contribution in [0.15, 0.2) is 72.8 Å². The summed E-state index contributed by atoms with van der Waals surface area (Å²) >= 11 is 0. The smallest absolute Gasteiger partial charge is 0.319 e. The molecule has 0 radical (unpaired) electrons. The molecule has 0 aromatic heterocycles. The molecule has 6 nitrogen and oxygen atoms in total. The summed E-state index contributed by atoms with van der Waals surface area (Å²) in [6.45, 7) is 2.28. The van der Waals surface area contributed by atoms with Gasteiger partial charge in [0.25, 0.3) is 11.8 Å². The molecule has 4 amide bonds. The Kier molecular flexibility index (Phi) is 4.83. The van der Waals surface area contributed by atoms with Crippen molar-refractivity contribution in [3.05, 3.63) is 95.1 Å². The van der Waals surface area contributed by atoms with Crippen molar-refractivity contribution in [3.8, 4) is 0 Å². The number of nitrogens with zero attached hydrogens (tertiary/aromatic N) is 1. The number of carbonyl (C=O) groups is 3. The number of carbonyl (C=O) groups excluding carboxylic acids is 3. The minimum Gasteiger partial charge on any atom is -0.334 e. The number of rotatable bonds is 4. The predicted octanol–water partition coefficient (Wildman–Crippen LogP) is 4.12. The second kappa shape index (κ2) is 7.59. The van der Waals surface area contributed by atoms with E-state index >= 15 is 0 Å². The summed E-state index contributed by atoms with van der Waals surface area (Å²) in [4.78, 5) is 38.3. The van der Waals surface area contributed by atoms with E-state index in [4.69, 9.17) is 0 Å². The molecule has 3 aromatic carbocycles. The molecule has 0 atom stereocenters. The molecule has 6 heteroatoms. The molecule has 3 aromatic rings. The fourth-order valence-corrected chi connectivity index (χ4v) is 3.27.